The summed E-state index contributed by atoms with van der Waals surface area (Å²) in [5.41, 5.74) is 0.740. The molecule has 0 saturated carbocycles. The van der Waals surface area contributed by atoms with Crippen molar-refractivity contribution in [1.29, 1.82) is 0 Å². The van der Waals surface area contributed by atoms with E-state index in [1.165, 1.54) is 0 Å². The van der Waals surface area contributed by atoms with Crippen molar-refractivity contribution < 1.29 is 9.18 Å². The molecule has 0 saturated heterocycles. The summed E-state index contributed by atoms with van der Waals surface area (Å²) in [6, 6.07) is 13.4. The van der Waals surface area contributed by atoms with E-state index in [2.05, 4.69) is 5.32 Å². The summed E-state index contributed by atoms with van der Waals surface area (Å²) < 4.78 is 12.0. The smallest absolute Gasteiger partial charge is 0.234 e. The van der Waals surface area contributed by atoms with E-state index in [4.69, 9.17) is 11.6 Å². The first-order valence-electron chi connectivity index (χ1n) is 5.57. The highest BCUT2D eigenvalue weighted by atomic mass is 35.5. The Morgan fingerprint density at radius 3 is 2.79 bits per heavy atom. The van der Waals surface area contributed by atoms with Gasteiger partial charge in [-0.3, -0.25) is 4.79 Å². The van der Waals surface area contributed by atoms with E-state index in [-0.39, 0.29) is 22.4 Å². The quantitative estimate of drug-likeness (QED) is 0.898. The molecule has 98 valence electrons. The average molecular weight is 296 g/mol. The van der Waals surface area contributed by atoms with Crippen LogP contribution in [0.5, 0.6) is 0 Å². The largest absolute Gasteiger partial charge is 0.325 e. The minimum atomic E-state index is -0.221. The summed E-state index contributed by atoms with van der Waals surface area (Å²) in [6.45, 7) is 0. The maximum Gasteiger partial charge on any atom is 0.234 e. The molecule has 5 heteroatoms. The van der Waals surface area contributed by atoms with Gasteiger partial charge in [0.25, 0.3) is 0 Å². The second-order valence-corrected chi connectivity index (χ2v) is 5.43. The molecular formula is C14H11ClFNOS. The number of anilines is 1. The topological polar surface area (TPSA) is 29.1 Å². The van der Waals surface area contributed by atoms with Crippen LogP contribution in [0.4, 0.5) is 10.1 Å². The first-order valence-corrected chi connectivity index (χ1v) is 6.93. The molecule has 0 aliphatic carbocycles. The number of fused-ring (bicyclic) bond motifs is 1. The molecule has 0 bridgehead atoms. The van der Waals surface area contributed by atoms with Gasteiger partial charge in [-0.25, -0.2) is 4.39 Å². The van der Waals surface area contributed by atoms with Crippen molar-refractivity contribution in [2.45, 2.75) is 0 Å². The highest BCUT2D eigenvalue weighted by Gasteiger charge is 2.06. The van der Waals surface area contributed by atoms with Gasteiger partial charge >= 0.3 is 0 Å². The lowest BCUT2D eigenvalue weighted by molar-refractivity contribution is -0.113. The zero-order valence-corrected chi connectivity index (χ0v) is 11.5. The van der Waals surface area contributed by atoms with E-state index >= 15 is 0 Å². The third kappa shape index (κ3) is 3.72. The van der Waals surface area contributed by atoms with Gasteiger partial charge in [0, 0.05) is 11.1 Å². The Hall–Kier alpha value is -1.52. The van der Waals surface area contributed by atoms with E-state index < -0.39 is 0 Å². The van der Waals surface area contributed by atoms with Crippen LogP contribution in [0.1, 0.15) is 0 Å². The molecule has 0 aliphatic rings. The van der Waals surface area contributed by atoms with Crippen LogP contribution in [-0.2, 0) is 4.79 Å². The second kappa shape index (κ2) is 6.59. The summed E-state index contributed by atoms with van der Waals surface area (Å²) in [4.78, 5) is 11.7. The van der Waals surface area contributed by atoms with Gasteiger partial charge in [0.2, 0.25) is 5.91 Å². The van der Waals surface area contributed by atoms with Gasteiger partial charge in [0.1, 0.15) is 10.7 Å². The molecule has 1 amide bonds. The summed E-state index contributed by atoms with van der Waals surface area (Å²) >= 11 is 6.43. The van der Waals surface area contributed by atoms with Crippen LogP contribution < -0.4 is 5.32 Å². The fourth-order valence-electron chi connectivity index (χ4n) is 1.69. The lowest BCUT2D eigenvalue weighted by atomic mass is 10.1. The van der Waals surface area contributed by atoms with Crippen molar-refractivity contribution in [1.82, 2.24) is 0 Å². The maximum absolute atomic E-state index is 12.0. The Labute approximate surface area is 119 Å². The highest BCUT2D eigenvalue weighted by Crippen LogP contribution is 2.24. The van der Waals surface area contributed by atoms with Gasteiger partial charge in [-0.05, 0) is 11.5 Å². The van der Waals surface area contributed by atoms with Crippen LogP contribution in [0.3, 0.4) is 0 Å². The lowest BCUT2D eigenvalue weighted by Gasteiger charge is -2.08. The third-order valence-corrected chi connectivity index (χ3v) is 3.67. The minimum absolute atomic E-state index is 0.0342. The van der Waals surface area contributed by atoms with Gasteiger partial charge < -0.3 is 5.32 Å². The lowest BCUT2D eigenvalue weighted by Crippen LogP contribution is -2.14. The van der Waals surface area contributed by atoms with Crippen LogP contribution in [-0.4, -0.2) is 11.7 Å². The highest BCUT2D eigenvalue weighted by molar-refractivity contribution is 8.05. The maximum atomic E-state index is 12.0. The number of benzene rings is 2. The SMILES string of the molecule is O=C(CS/C(Cl)=C/F)Nc1cccc2ccccc12. The van der Waals surface area contributed by atoms with Crippen molar-refractivity contribution in [3.05, 3.63) is 53.2 Å². The van der Waals surface area contributed by atoms with E-state index in [0.29, 0.717) is 0 Å². The zero-order valence-electron chi connectivity index (χ0n) is 9.90. The summed E-state index contributed by atoms with van der Waals surface area (Å²) in [6.07, 6.45) is 0.275. The third-order valence-electron chi connectivity index (χ3n) is 2.49. The fourth-order valence-corrected chi connectivity index (χ4v) is 2.25. The molecule has 0 radical (unpaired) electrons. The van der Waals surface area contributed by atoms with Crippen molar-refractivity contribution in [3.8, 4) is 0 Å². The predicted molar refractivity (Wildman–Crippen MR) is 80.1 cm³/mol. The minimum Gasteiger partial charge on any atom is -0.325 e. The standard InChI is InChI=1S/C14H11ClFNOS/c15-13(8-16)19-9-14(18)17-12-7-3-5-10-4-1-2-6-11(10)12/h1-8H,9H2,(H,17,18)/b13-8+. The number of hydrogen-bond donors (Lipinski definition) is 1. The number of amides is 1. The normalized spacial score (nSPS) is 11.6. The van der Waals surface area contributed by atoms with Crippen LogP contribution >= 0.6 is 23.4 Å². The Morgan fingerprint density at radius 1 is 1.26 bits per heavy atom. The molecule has 2 nitrogen and oxygen atoms in total. The zero-order chi connectivity index (χ0) is 13.7. The predicted octanol–water partition coefficient (Wildman–Crippen LogP) is 4.52. The summed E-state index contributed by atoms with van der Waals surface area (Å²) in [7, 11) is 0. The number of halogens is 2. The van der Waals surface area contributed by atoms with E-state index in [1.54, 1.807) is 0 Å². The molecule has 0 spiro atoms. The van der Waals surface area contributed by atoms with E-state index in [0.717, 1.165) is 28.2 Å². The first kappa shape index (κ1) is 13.9. The molecule has 0 fully saturated rings. The van der Waals surface area contributed by atoms with Gasteiger partial charge in [0.05, 0.1) is 5.75 Å². The van der Waals surface area contributed by atoms with Gasteiger partial charge in [-0.2, -0.15) is 0 Å². The molecule has 0 aromatic heterocycles. The molecule has 0 unspecified atom stereocenters. The Bertz CT molecular complexity index is 624. The van der Waals surface area contributed by atoms with E-state index in [1.807, 2.05) is 42.5 Å². The Balaban J connectivity index is 2.11. The van der Waals surface area contributed by atoms with Gasteiger partial charge in [-0.1, -0.05) is 48.0 Å². The van der Waals surface area contributed by atoms with Gasteiger partial charge in [-0.15, -0.1) is 11.8 Å². The number of nitrogens with one attached hydrogen (secondary N) is 1. The van der Waals surface area contributed by atoms with Crippen LogP contribution in [0.25, 0.3) is 10.8 Å². The average Bonchev–Trinajstić information content (AvgIpc) is 2.45. The summed E-state index contributed by atoms with van der Waals surface area (Å²) in [5, 5.41) is 4.81. The van der Waals surface area contributed by atoms with Crippen molar-refractivity contribution in [2.75, 3.05) is 11.1 Å². The monoisotopic (exact) mass is 295 g/mol. The molecule has 1 N–H and O–H groups in total. The summed E-state index contributed by atoms with van der Waals surface area (Å²) in [5.74, 6) is -0.149. The van der Waals surface area contributed by atoms with Crippen molar-refractivity contribution in [3.63, 3.8) is 0 Å². The Kier molecular flexibility index (Phi) is 4.82. The van der Waals surface area contributed by atoms with Crippen molar-refractivity contribution >= 4 is 45.7 Å². The van der Waals surface area contributed by atoms with Gasteiger partial charge in [0.15, 0.2) is 0 Å². The van der Waals surface area contributed by atoms with Crippen molar-refractivity contribution in [2.24, 2.45) is 0 Å². The van der Waals surface area contributed by atoms with Crippen LogP contribution in [0, 0.1) is 0 Å². The number of carbonyl (C=O) groups is 1. The molecule has 0 aliphatic heterocycles. The molecule has 2 aromatic carbocycles. The first-order chi connectivity index (χ1) is 9.20. The molecule has 0 heterocycles. The fraction of sp³-hybridized carbons (Fsp3) is 0.0714. The molecule has 0 atom stereocenters. The molecular weight excluding hydrogens is 285 g/mol. The number of hydrogen-bond acceptors (Lipinski definition) is 2. The van der Waals surface area contributed by atoms with Crippen LogP contribution in [0.2, 0.25) is 0 Å². The van der Waals surface area contributed by atoms with E-state index in [9.17, 15) is 9.18 Å². The number of rotatable bonds is 4. The Morgan fingerprint density at radius 2 is 2.00 bits per heavy atom. The number of carbonyl (C=O) groups excluding carboxylic acids is 1. The second-order valence-electron chi connectivity index (χ2n) is 3.78. The molecule has 2 rings (SSSR count). The number of thioether (sulfide) groups is 1. The molecule has 2 aromatic rings. The van der Waals surface area contributed by atoms with Crippen LogP contribution in [0.15, 0.2) is 53.2 Å². The molecule has 19 heavy (non-hydrogen) atoms.